The molecule has 6 nitrogen and oxygen atoms in total. The van der Waals surface area contributed by atoms with Gasteiger partial charge in [-0.25, -0.2) is 4.79 Å². The third-order valence-corrected chi connectivity index (χ3v) is 4.86. The van der Waals surface area contributed by atoms with E-state index in [0.29, 0.717) is 18.3 Å². The Morgan fingerprint density at radius 2 is 1.79 bits per heavy atom. The smallest absolute Gasteiger partial charge is 0.410 e. The number of hydrogen-bond donors (Lipinski definition) is 0. The zero-order valence-electron chi connectivity index (χ0n) is 15.1. The third kappa shape index (κ3) is 4.08. The van der Waals surface area contributed by atoms with Crippen molar-refractivity contribution in [1.82, 2.24) is 15.0 Å². The molecule has 0 radical (unpaired) electrons. The van der Waals surface area contributed by atoms with Crippen molar-refractivity contribution in [1.29, 1.82) is 0 Å². The van der Waals surface area contributed by atoms with Gasteiger partial charge in [0, 0.05) is 12.5 Å². The van der Waals surface area contributed by atoms with E-state index < -0.39 is 5.60 Å². The third-order valence-electron chi connectivity index (χ3n) is 4.86. The van der Waals surface area contributed by atoms with Gasteiger partial charge in [0.15, 0.2) is 5.82 Å². The molecule has 1 saturated heterocycles. The molecule has 24 heavy (non-hydrogen) atoms. The lowest BCUT2D eigenvalue weighted by atomic mass is 9.91. The average molecular weight is 335 g/mol. The number of amides is 1. The Balaban J connectivity index is 1.63. The van der Waals surface area contributed by atoms with Crippen molar-refractivity contribution >= 4 is 6.09 Å². The van der Waals surface area contributed by atoms with Crippen molar-refractivity contribution in [3.63, 3.8) is 0 Å². The maximum Gasteiger partial charge on any atom is 0.410 e. The van der Waals surface area contributed by atoms with Gasteiger partial charge < -0.3 is 9.26 Å². The van der Waals surface area contributed by atoms with Crippen LogP contribution in [0.4, 0.5) is 4.79 Å². The normalized spacial score (nSPS) is 23.3. The van der Waals surface area contributed by atoms with Crippen LogP contribution in [-0.2, 0) is 4.74 Å². The number of likely N-dealkylation sites (tertiary alicyclic amines) is 1. The zero-order chi connectivity index (χ0) is 17.2. The largest absolute Gasteiger partial charge is 0.444 e. The molecule has 1 saturated carbocycles. The Kier molecular flexibility index (Phi) is 5.11. The van der Waals surface area contributed by atoms with Crippen molar-refractivity contribution in [2.24, 2.45) is 0 Å². The van der Waals surface area contributed by atoms with Crippen LogP contribution >= 0.6 is 0 Å². The molecule has 1 aromatic heterocycles. The van der Waals surface area contributed by atoms with Crippen molar-refractivity contribution in [2.45, 2.75) is 89.7 Å². The number of carbonyl (C=O) groups excluding carboxylic acids is 1. The molecule has 2 aliphatic rings. The molecule has 6 heteroatoms. The van der Waals surface area contributed by atoms with Gasteiger partial charge in [-0.1, -0.05) is 37.3 Å². The fourth-order valence-corrected chi connectivity index (χ4v) is 3.45. The predicted molar refractivity (Wildman–Crippen MR) is 89.7 cm³/mol. The first-order valence-electron chi connectivity index (χ1n) is 9.27. The van der Waals surface area contributed by atoms with Crippen LogP contribution in [0.3, 0.4) is 0 Å². The van der Waals surface area contributed by atoms with Crippen LogP contribution in [0, 0.1) is 0 Å². The molecule has 2 heterocycles. The summed E-state index contributed by atoms with van der Waals surface area (Å²) < 4.78 is 11.0. The van der Waals surface area contributed by atoms with Gasteiger partial charge >= 0.3 is 6.09 Å². The lowest BCUT2D eigenvalue weighted by molar-refractivity contribution is -0.00772. The summed E-state index contributed by atoms with van der Waals surface area (Å²) in [6.45, 7) is 6.31. The van der Waals surface area contributed by atoms with Crippen LogP contribution in [0.15, 0.2) is 4.52 Å². The fourth-order valence-electron chi connectivity index (χ4n) is 3.45. The number of hydrogen-bond acceptors (Lipinski definition) is 5. The highest BCUT2D eigenvalue weighted by atomic mass is 16.6. The monoisotopic (exact) mass is 335 g/mol. The quantitative estimate of drug-likeness (QED) is 0.791. The summed E-state index contributed by atoms with van der Waals surface area (Å²) >= 11 is 0. The molecule has 1 aliphatic carbocycles. The molecule has 1 aromatic rings. The topological polar surface area (TPSA) is 68.5 Å². The van der Waals surface area contributed by atoms with Gasteiger partial charge in [0.25, 0.3) is 0 Å². The Bertz CT molecular complexity index is 556. The second kappa shape index (κ2) is 7.11. The second-order valence-electron chi connectivity index (χ2n) is 8.01. The SMILES string of the molecule is CC(C)(C)OC(=O)N1CCC1c1noc(C2CCCCCCC2)n1. The lowest BCUT2D eigenvalue weighted by Gasteiger charge is -2.39. The summed E-state index contributed by atoms with van der Waals surface area (Å²) in [5.74, 6) is 1.76. The Hall–Kier alpha value is -1.59. The van der Waals surface area contributed by atoms with Gasteiger partial charge in [-0.05, 0) is 40.0 Å². The van der Waals surface area contributed by atoms with Crippen molar-refractivity contribution in [3.05, 3.63) is 11.7 Å². The second-order valence-corrected chi connectivity index (χ2v) is 8.01. The minimum Gasteiger partial charge on any atom is -0.444 e. The number of rotatable bonds is 2. The molecule has 1 unspecified atom stereocenters. The minimum absolute atomic E-state index is 0.106. The standard InChI is InChI=1S/C18H29N3O3/c1-18(2,3)23-17(22)21-12-11-14(21)15-19-16(24-20-15)13-9-7-5-4-6-8-10-13/h13-14H,4-12H2,1-3H3. The number of carbonyl (C=O) groups is 1. The predicted octanol–water partition coefficient (Wildman–Crippen LogP) is 4.58. The molecule has 2 fully saturated rings. The van der Waals surface area contributed by atoms with Crippen LogP contribution in [0.5, 0.6) is 0 Å². The molecule has 0 spiro atoms. The molecular formula is C18H29N3O3. The average Bonchev–Trinajstić information content (AvgIpc) is 2.83. The molecule has 1 atom stereocenters. The van der Waals surface area contributed by atoms with Gasteiger partial charge in [-0.3, -0.25) is 4.90 Å². The Labute approximate surface area is 143 Å². The van der Waals surface area contributed by atoms with Crippen molar-refractivity contribution < 1.29 is 14.1 Å². The van der Waals surface area contributed by atoms with Gasteiger partial charge in [-0.2, -0.15) is 4.98 Å². The Morgan fingerprint density at radius 3 is 2.38 bits per heavy atom. The summed E-state index contributed by atoms with van der Waals surface area (Å²) in [6.07, 6.45) is 9.23. The van der Waals surface area contributed by atoms with Crippen LogP contribution in [0.25, 0.3) is 0 Å². The highest BCUT2D eigenvalue weighted by molar-refractivity contribution is 5.69. The van der Waals surface area contributed by atoms with E-state index in [-0.39, 0.29) is 12.1 Å². The van der Waals surface area contributed by atoms with Crippen molar-refractivity contribution in [3.8, 4) is 0 Å². The molecule has 134 valence electrons. The van der Waals surface area contributed by atoms with Crippen LogP contribution in [-0.4, -0.2) is 33.3 Å². The minimum atomic E-state index is -0.488. The van der Waals surface area contributed by atoms with Gasteiger partial charge in [0.2, 0.25) is 5.89 Å². The summed E-state index contributed by atoms with van der Waals surface area (Å²) in [7, 11) is 0. The summed E-state index contributed by atoms with van der Waals surface area (Å²) in [5, 5.41) is 4.16. The van der Waals surface area contributed by atoms with Gasteiger partial charge in [0.05, 0.1) is 0 Å². The molecule has 0 aromatic carbocycles. The maximum atomic E-state index is 12.2. The van der Waals surface area contributed by atoms with Crippen LogP contribution in [0.1, 0.15) is 95.8 Å². The zero-order valence-corrected chi connectivity index (χ0v) is 15.1. The van der Waals surface area contributed by atoms with Crippen LogP contribution < -0.4 is 0 Å². The van der Waals surface area contributed by atoms with E-state index in [9.17, 15) is 4.79 Å². The summed E-state index contributed by atoms with van der Waals surface area (Å²) in [6, 6.07) is -0.106. The van der Waals surface area contributed by atoms with Gasteiger partial charge in [0.1, 0.15) is 11.6 Å². The first-order valence-corrected chi connectivity index (χ1v) is 9.27. The highest BCUT2D eigenvalue weighted by Gasteiger charge is 2.39. The van der Waals surface area contributed by atoms with E-state index in [1.54, 1.807) is 4.90 Å². The Morgan fingerprint density at radius 1 is 1.12 bits per heavy atom. The maximum absolute atomic E-state index is 12.2. The molecular weight excluding hydrogens is 306 g/mol. The van der Waals surface area contributed by atoms with E-state index in [1.807, 2.05) is 20.8 Å². The number of aromatic nitrogens is 2. The van der Waals surface area contributed by atoms with E-state index in [0.717, 1.165) is 25.2 Å². The van der Waals surface area contributed by atoms with Gasteiger partial charge in [-0.15, -0.1) is 0 Å². The summed E-state index contributed by atoms with van der Waals surface area (Å²) in [5.41, 5.74) is -0.488. The molecule has 0 N–H and O–H groups in total. The van der Waals surface area contributed by atoms with E-state index in [2.05, 4.69) is 10.1 Å². The number of ether oxygens (including phenoxy) is 1. The molecule has 1 aliphatic heterocycles. The summed E-state index contributed by atoms with van der Waals surface area (Å²) in [4.78, 5) is 18.6. The lowest BCUT2D eigenvalue weighted by Crippen LogP contribution is -2.47. The highest BCUT2D eigenvalue weighted by Crippen LogP contribution is 2.35. The molecule has 3 rings (SSSR count). The van der Waals surface area contributed by atoms with E-state index >= 15 is 0 Å². The van der Waals surface area contributed by atoms with Crippen molar-refractivity contribution in [2.75, 3.05) is 6.54 Å². The molecule has 1 amide bonds. The fraction of sp³-hybridized carbons (Fsp3) is 0.833. The first kappa shape index (κ1) is 17.2. The van der Waals surface area contributed by atoms with E-state index in [1.165, 1.54) is 32.1 Å². The van der Waals surface area contributed by atoms with E-state index in [4.69, 9.17) is 9.26 Å². The molecule has 0 bridgehead atoms. The van der Waals surface area contributed by atoms with Crippen LogP contribution in [0.2, 0.25) is 0 Å². The first-order chi connectivity index (χ1) is 11.4. The number of nitrogens with zero attached hydrogens (tertiary/aromatic N) is 3.